The summed E-state index contributed by atoms with van der Waals surface area (Å²) in [4.78, 5) is 0. The molecule has 0 heterocycles. The molecule has 0 bridgehead atoms. The molecule has 128 valence electrons. The molecule has 0 aliphatic carbocycles. The fourth-order valence-electron chi connectivity index (χ4n) is 2.05. The fraction of sp³-hybridized carbons (Fsp3) is 0.545. The van der Waals surface area contributed by atoms with Gasteiger partial charge in [-0.05, 0) is 50.7 Å². The van der Waals surface area contributed by atoms with Crippen molar-refractivity contribution in [2.45, 2.75) is 71.1 Å². The Morgan fingerprint density at radius 1 is 0.739 bits per heavy atom. The van der Waals surface area contributed by atoms with Crippen LogP contribution in [0.5, 0.6) is 0 Å². The van der Waals surface area contributed by atoms with Crippen LogP contribution in [0.2, 0.25) is 0 Å². The number of aliphatic hydroxyl groups is 1. The van der Waals surface area contributed by atoms with Crippen LogP contribution in [0.4, 0.5) is 0 Å². The summed E-state index contributed by atoms with van der Waals surface area (Å²) in [6.45, 7) is 2.49. The Hall–Kier alpha value is -1.52. The van der Waals surface area contributed by atoms with E-state index in [1.165, 1.54) is 25.7 Å². The molecule has 0 aromatic carbocycles. The van der Waals surface area contributed by atoms with Gasteiger partial charge in [0.25, 0.3) is 0 Å². The lowest BCUT2D eigenvalue weighted by atomic mass is 10.1. The van der Waals surface area contributed by atoms with Crippen LogP contribution in [0.1, 0.15) is 71.1 Å². The van der Waals surface area contributed by atoms with Crippen molar-refractivity contribution in [1.29, 1.82) is 0 Å². The molecule has 0 spiro atoms. The van der Waals surface area contributed by atoms with E-state index in [0.717, 1.165) is 38.5 Å². The summed E-state index contributed by atoms with van der Waals surface area (Å²) < 4.78 is 0. The molecule has 0 fully saturated rings. The Morgan fingerprint density at radius 2 is 1.39 bits per heavy atom. The van der Waals surface area contributed by atoms with Crippen LogP contribution >= 0.6 is 0 Å². The second-order valence-corrected chi connectivity index (χ2v) is 5.54. The summed E-state index contributed by atoms with van der Waals surface area (Å²) in [5.41, 5.74) is 6.12. The van der Waals surface area contributed by atoms with Crippen LogP contribution < -0.4 is 0 Å². The van der Waals surface area contributed by atoms with Gasteiger partial charge in [0, 0.05) is 6.61 Å². The SMILES string of the molecule is CC/C=C/C/C=C/C/C=C/C=C=C=CCCCCCCCCO. The van der Waals surface area contributed by atoms with Crippen LogP contribution in [-0.4, -0.2) is 11.7 Å². The van der Waals surface area contributed by atoms with Gasteiger partial charge in [-0.15, -0.1) is 0 Å². The largest absolute Gasteiger partial charge is 0.396 e. The quantitative estimate of drug-likeness (QED) is 0.169. The first kappa shape index (κ1) is 21.5. The maximum absolute atomic E-state index is 8.68. The van der Waals surface area contributed by atoms with E-state index in [9.17, 15) is 0 Å². The summed E-state index contributed by atoms with van der Waals surface area (Å²) in [6, 6.07) is 0. The molecule has 23 heavy (non-hydrogen) atoms. The van der Waals surface area contributed by atoms with Gasteiger partial charge < -0.3 is 5.11 Å². The van der Waals surface area contributed by atoms with Gasteiger partial charge in [-0.2, -0.15) is 0 Å². The molecule has 0 saturated carbocycles. The summed E-state index contributed by atoms with van der Waals surface area (Å²) in [7, 11) is 0. The van der Waals surface area contributed by atoms with Crippen molar-refractivity contribution in [3.8, 4) is 0 Å². The molecule has 0 atom stereocenters. The second-order valence-electron chi connectivity index (χ2n) is 5.54. The molecule has 0 saturated heterocycles. The van der Waals surface area contributed by atoms with Gasteiger partial charge in [-0.25, -0.2) is 0 Å². The van der Waals surface area contributed by atoms with Crippen molar-refractivity contribution in [3.05, 3.63) is 60.1 Å². The topological polar surface area (TPSA) is 20.2 Å². The van der Waals surface area contributed by atoms with Crippen LogP contribution in [0.3, 0.4) is 0 Å². The maximum atomic E-state index is 8.68. The predicted octanol–water partition coefficient (Wildman–Crippen LogP) is 6.43. The lowest BCUT2D eigenvalue weighted by molar-refractivity contribution is 0.282. The van der Waals surface area contributed by atoms with Gasteiger partial charge in [0.15, 0.2) is 0 Å². The molecule has 0 rings (SSSR count). The minimum atomic E-state index is 0.334. The van der Waals surface area contributed by atoms with E-state index in [1.54, 1.807) is 0 Å². The van der Waals surface area contributed by atoms with Crippen molar-refractivity contribution in [2.24, 2.45) is 0 Å². The van der Waals surface area contributed by atoms with Crippen molar-refractivity contribution in [3.63, 3.8) is 0 Å². The van der Waals surface area contributed by atoms with E-state index < -0.39 is 0 Å². The van der Waals surface area contributed by atoms with Crippen molar-refractivity contribution in [1.82, 2.24) is 0 Å². The Balaban J connectivity index is 3.55. The van der Waals surface area contributed by atoms with E-state index in [2.05, 4.69) is 54.8 Å². The van der Waals surface area contributed by atoms with Crippen LogP contribution in [0.25, 0.3) is 0 Å². The van der Waals surface area contributed by atoms with Gasteiger partial charge in [0.1, 0.15) is 0 Å². The zero-order valence-corrected chi connectivity index (χ0v) is 14.8. The Morgan fingerprint density at radius 3 is 2.13 bits per heavy atom. The monoisotopic (exact) mass is 314 g/mol. The highest BCUT2D eigenvalue weighted by Crippen LogP contribution is 2.06. The minimum Gasteiger partial charge on any atom is -0.396 e. The lowest BCUT2D eigenvalue weighted by Gasteiger charge is -1.97. The predicted molar refractivity (Wildman–Crippen MR) is 103 cm³/mol. The highest BCUT2D eigenvalue weighted by Gasteiger charge is 1.89. The van der Waals surface area contributed by atoms with Gasteiger partial charge in [-0.3, -0.25) is 0 Å². The third kappa shape index (κ3) is 20.5. The first-order valence-electron chi connectivity index (χ1n) is 9.13. The third-order valence-electron chi connectivity index (χ3n) is 3.37. The molecule has 0 amide bonds. The van der Waals surface area contributed by atoms with Crippen molar-refractivity contribution in [2.75, 3.05) is 6.61 Å². The van der Waals surface area contributed by atoms with E-state index in [-0.39, 0.29) is 0 Å². The molecular weight excluding hydrogens is 280 g/mol. The molecule has 0 aromatic rings. The number of allylic oxidation sites excluding steroid dienone is 8. The van der Waals surface area contributed by atoms with Crippen LogP contribution in [0, 0.1) is 0 Å². The third-order valence-corrected chi connectivity index (χ3v) is 3.37. The summed E-state index contributed by atoms with van der Waals surface area (Å²) in [5.74, 6) is 0. The standard InChI is InChI=1S/C22H34O/c1-2-3-4-5-6-7-8-9-10-11-12-13-14-15-16-17-18-19-20-21-22-23/h3-4,6-7,9-11,14,23H,2,5,8,15-22H2,1H3/b4-3+,7-6+,10-9+,14-11?. The molecular formula is C22H34O. The van der Waals surface area contributed by atoms with Crippen molar-refractivity contribution < 1.29 is 5.11 Å². The van der Waals surface area contributed by atoms with Crippen LogP contribution in [-0.2, 0) is 0 Å². The zero-order valence-electron chi connectivity index (χ0n) is 14.8. The normalized spacial score (nSPS) is 11.2. The molecule has 1 heteroatoms. The van der Waals surface area contributed by atoms with Gasteiger partial charge in [0.05, 0.1) is 0 Å². The summed E-state index contributed by atoms with van der Waals surface area (Å²) >= 11 is 0. The van der Waals surface area contributed by atoms with E-state index >= 15 is 0 Å². The Bertz CT molecular complexity index is 413. The molecule has 0 unspecified atom stereocenters. The fourth-order valence-corrected chi connectivity index (χ4v) is 2.05. The highest BCUT2D eigenvalue weighted by atomic mass is 16.2. The highest BCUT2D eigenvalue weighted by molar-refractivity contribution is 5.05. The average molecular weight is 315 g/mol. The minimum absolute atomic E-state index is 0.334. The number of rotatable bonds is 14. The molecule has 0 aliphatic heterocycles. The summed E-state index contributed by atoms with van der Waals surface area (Å²) in [6.07, 6.45) is 28.2. The zero-order chi connectivity index (χ0) is 16.8. The smallest absolute Gasteiger partial charge is 0.0431 e. The average Bonchev–Trinajstić information content (AvgIpc) is 2.57. The molecule has 1 nitrogen and oxygen atoms in total. The lowest BCUT2D eigenvalue weighted by Crippen LogP contribution is -1.83. The number of aliphatic hydroxyl groups excluding tert-OH is 1. The van der Waals surface area contributed by atoms with Gasteiger partial charge >= 0.3 is 0 Å². The molecule has 0 aliphatic rings. The first-order valence-corrected chi connectivity index (χ1v) is 9.13. The first-order chi connectivity index (χ1) is 11.4. The van der Waals surface area contributed by atoms with E-state index in [1.807, 2.05) is 12.2 Å². The van der Waals surface area contributed by atoms with E-state index in [0.29, 0.717) is 6.61 Å². The number of hydrogen-bond acceptors (Lipinski definition) is 1. The maximum Gasteiger partial charge on any atom is 0.0431 e. The van der Waals surface area contributed by atoms with Gasteiger partial charge in [-0.1, -0.05) is 80.5 Å². The Labute approximate surface area is 143 Å². The number of hydrogen-bond donors (Lipinski definition) is 1. The van der Waals surface area contributed by atoms with Gasteiger partial charge in [0.2, 0.25) is 0 Å². The molecule has 0 radical (unpaired) electrons. The second kappa shape index (κ2) is 20.5. The molecule has 1 N–H and O–H groups in total. The van der Waals surface area contributed by atoms with E-state index in [4.69, 9.17) is 5.11 Å². The van der Waals surface area contributed by atoms with Crippen LogP contribution in [0.15, 0.2) is 60.1 Å². The Kier molecular flexibility index (Phi) is 19.1. The van der Waals surface area contributed by atoms with Crippen molar-refractivity contribution >= 4 is 0 Å². The summed E-state index contributed by atoms with van der Waals surface area (Å²) in [5, 5.41) is 8.68. The number of unbranched alkanes of at least 4 members (excludes halogenated alkanes) is 6. The molecule has 0 aromatic heterocycles.